The lowest BCUT2D eigenvalue weighted by Crippen LogP contribution is -2.36. The zero-order chi connectivity index (χ0) is 11.4. The minimum absolute atomic E-state index is 0.371. The lowest BCUT2D eigenvalue weighted by atomic mass is 10.1. The van der Waals surface area contributed by atoms with E-state index in [2.05, 4.69) is 28.9 Å². The van der Waals surface area contributed by atoms with Crippen LogP contribution < -0.4 is 5.73 Å². The predicted molar refractivity (Wildman–Crippen MR) is 66.1 cm³/mol. The summed E-state index contributed by atoms with van der Waals surface area (Å²) < 4.78 is 0. The van der Waals surface area contributed by atoms with Gasteiger partial charge in [0.25, 0.3) is 0 Å². The molecule has 1 unspecified atom stereocenters. The number of nitrogens with zero attached hydrogens (tertiary/aromatic N) is 2. The molecule has 0 saturated heterocycles. The Hall–Kier alpha value is -0.930. The van der Waals surface area contributed by atoms with Gasteiger partial charge in [0, 0.05) is 31.0 Å². The molecular formula is C13H21N3. The van der Waals surface area contributed by atoms with Crippen LogP contribution in [-0.4, -0.2) is 29.0 Å². The van der Waals surface area contributed by atoms with Gasteiger partial charge in [-0.3, -0.25) is 9.88 Å². The van der Waals surface area contributed by atoms with Gasteiger partial charge in [-0.05, 0) is 43.5 Å². The van der Waals surface area contributed by atoms with Crippen molar-refractivity contribution in [1.29, 1.82) is 0 Å². The van der Waals surface area contributed by atoms with Crippen molar-refractivity contribution >= 4 is 0 Å². The average molecular weight is 219 g/mol. The number of hydrogen-bond donors (Lipinski definition) is 1. The summed E-state index contributed by atoms with van der Waals surface area (Å²) in [5.41, 5.74) is 7.24. The highest BCUT2D eigenvalue weighted by Gasteiger charge is 2.33. The van der Waals surface area contributed by atoms with Crippen molar-refractivity contribution in [3.63, 3.8) is 0 Å². The Labute approximate surface area is 97.7 Å². The van der Waals surface area contributed by atoms with E-state index in [4.69, 9.17) is 5.73 Å². The van der Waals surface area contributed by atoms with Crippen LogP contribution in [0.3, 0.4) is 0 Å². The maximum atomic E-state index is 5.94. The van der Waals surface area contributed by atoms with Gasteiger partial charge < -0.3 is 5.73 Å². The number of nitrogens with two attached hydrogens (primary N) is 1. The average Bonchev–Trinajstić information content (AvgIpc) is 3.14. The van der Waals surface area contributed by atoms with Gasteiger partial charge in [0.05, 0.1) is 0 Å². The summed E-state index contributed by atoms with van der Waals surface area (Å²) in [6.45, 7) is 4.07. The topological polar surface area (TPSA) is 42.1 Å². The van der Waals surface area contributed by atoms with Crippen molar-refractivity contribution in [2.75, 3.05) is 13.1 Å². The van der Waals surface area contributed by atoms with E-state index in [9.17, 15) is 0 Å². The monoisotopic (exact) mass is 219 g/mol. The molecule has 1 aliphatic rings. The van der Waals surface area contributed by atoms with Gasteiger partial charge in [-0.25, -0.2) is 0 Å². The van der Waals surface area contributed by atoms with E-state index in [0.717, 1.165) is 12.6 Å². The van der Waals surface area contributed by atoms with Crippen LogP contribution in [0.2, 0.25) is 0 Å². The molecule has 3 nitrogen and oxygen atoms in total. The largest absolute Gasteiger partial charge is 0.329 e. The van der Waals surface area contributed by atoms with Crippen molar-refractivity contribution in [2.45, 2.75) is 38.3 Å². The molecule has 0 amide bonds. The van der Waals surface area contributed by atoms with Gasteiger partial charge in [-0.15, -0.1) is 0 Å². The summed E-state index contributed by atoms with van der Waals surface area (Å²) in [4.78, 5) is 6.63. The van der Waals surface area contributed by atoms with Crippen LogP contribution in [0.4, 0.5) is 0 Å². The maximum Gasteiger partial charge on any atom is 0.0474 e. The lowest BCUT2D eigenvalue weighted by molar-refractivity contribution is 0.191. The SMILES string of the molecule is CCCN(C1CC1)C(CN)c1ccncc1. The van der Waals surface area contributed by atoms with E-state index < -0.39 is 0 Å². The van der Waals surface area contributed by atoms with E-state index in [0.29, 0.717) is 12.6 Å². The highest BCUT2D eigenvalue weighted by atomic mass is 15.2. The molecule has 2 rings (SSSR count). The second kappa shape index (κ2) is 5.41. The van der Waals surface area contributed by atoms with Crippen LogP contribution >= 0.6 is 0 Å². The molecule has 1 atom stereocenters. The van der Waals surface area contributed by atoms with Gasteiger partial charge in [-0.1, -0.05) is 6.92 Å². The standard InChI is InChI=1S/C13H21N3/c1-2-9-16(12-3-4-12)13(10-14)11-5-7-15-8-6-11/h5-8,12-13H,2-4,9-10,14H2,1H3. The molecule has 1 aromatic heterocycles. The Bertz CT molecular complexity index is 308. The van der Waals surface area contributed by atoms with Gasteiger partial charge >= 0.3 is 0 Å². The summed E-state index contributed by atoms with van der Waals surface area (Å²) >= 11 is 0. The molecule has 88 valence electrons. The third kappa shape index (κ3) is 2.60. The molecule has 1 fully saturated rings. The Morgan fingerprint density at radius 1 is 1.44 bits per heavy atom. The quantitative estimate of drug-likeness (QED) is 0.795. The Morgan fingerprint density at radius 3 is 2.62 bits per heavy atom. The first-order chi connectivity index (χ1) is 7.86. The minimum atomic E-state index is 0.371. The number of rotatable bonds is 6. The molecule has 0 bridgehead atoms. The van der Waals surface area contributed by atoms with E-state index >= 15 is 0 Å². The van der Waals surface area contributed by atoms with Crippen LogP contribution in [-0.2, 0) is 0 Å². The Kier molecular flexibility index (Phi) is 3.91. The fourth-order valence-corrected chi connectivity index (χ4v) is 2.31. The molecule has 3 heteroatoms. The Balaban J connectivity index is 2.13. The highest BCUT2D eigenvalue weighted by Crippen LogP contribution is 2.33. The van der Waals surface area contributed by atoms with Crippen molar-refractivity contribution in [3.05, 3.63) is 30.1 Å². The van der Waals surface area contributed by atoms with Gasteiger partial charge in [0.15, 0.2) is 0 Å². The Morgan fingerprint density at radius 2 is 2.12 bits per heavy atom. The molecule has 1 aromatic rings. The van der Waals surface area contributed by atoms with E-state index in [-0.39, 0.29) is 0 Å². The summed E-state index contributed by atoms with van der Waals surface area (Å²) in [5, 5.41) is 0. The van der Waals surface area contributed by atoms with Gasteiger partial charge in [-0.2, -0.15) is 0 Å². The summed E-state index contributed by atoms with van der Waals surface area (Å²) in [6, 6.07) is 5.31. The zero-order valence-electron chi connectivity index (χ0n) is 9.97. The second-order valence-electron chi connectivity index (χ2n) is 4.50. The molecule has 0 aromatic carbocycles. The zero-order valence-corrected chi connectivity index (χ0v) is 9.97. The van der Waals surface area contributed by atoms with Crippen molar-refractivity contribution in [2.24, 2.45) is 5.73 Å². The van der Waals surface area contributed by atoms with Gasteiger partial charge in [0.1, 0.15) is 0 Å². The fraction of sp³-hybridized carbons (Fsp3) is 0.615. The van der Waals surface area contributed by atoms with Gasteiger partial charge in [0.2, 0.25) is 0 Å². The predicted octanol–water partition coefficient (Wildman–Crippen LogP) is 1.96. The van der Waals surface area contributed by atoms with E-state index in [1.54, 1.807) is 0 Å². The lowest BCUT2D eigenvalue weighted by Gasteiger charge is -2.31. The summed E-state index contributed by atoms with van der Waals surface area (Å²) in [6.07, 6.45) is 7.57. The molecular weight excluding hydrogens is 198 g/mol. The molecule has 1 saturated carbocycles. The molecule has 0 spiro atoms. The molecule has 1 aliphatic carbocycles. The number of aromatic nitrogens is 1. The van der Waals surface area contributed by atoms with Crippen LogP contribution in [0.15, 0.2) is 24.5 Å². The molecule has 1 heterocycles. The molecule has 0 radical (unpaired) electrons. The first kappa shape index (κ1) is 11.6. The van der Waals surface area contributed by atoms with Crippen molar-refractivity contribution in [1.82, 2.24) is 9.88 Å². The number of pyridine rings is 1. The first-order valence-electron chi connectivity index (χ1n) is 6.22. The van der Waals surface area contributed by atoms with Crippen molar-refractivity contribution < 1.29 is 0 Å². The number of hydrogen-bond acceptors (Lipinski definition) is 3. The normalized spacial score (nSPS) is 17.7. The van der Waals surface area contributed by atoms with E-state index in [1.165, 1.54) is 24.8 Å². The first-order valence-corrected chi connectivity index (χ1v) is 6.22. The third-order valence-corrected chi connectivity index (χ3v) is 3.21. The second-order valence-corrected chi connectivity index (χ2v) is 4.50. The molecule has 16 heavy (non-hydrogen) atoms. The summed E-state index contributed by atoms with van der Waals surface area (Å²) in [5.74, 6) is 0. The minimum Gasteiger partial charge on any atom is -0.329 e. The third-order valence-electron chi connectivity index (χ3n) is 3.21. The van der Waals surface area contributed by atoms with E-state index in [1.807, 2.05) is 12.4 Å². The van der Waals surface area contributed by atoms with Crippen LogP contribution in [0.5, 0.6) is 0 Å². The summed E-state index contributed by atoms with van der Waals surface area (Å²) in [7, 11) is 0. The smallest absolute Gasteiger partial charge is 0.0474 e. The maximum absolute atomic E-state index is 5.94. The van der Waals surface area contributed by atoms with Crippen molar-refractivity contribution in [3.8, 4) is 0 Å². The molecule has 0 aliphatic heterocycles. The fourth-order valence-electron chi connectivity index (χ4n) is 2.31. The highest BCUT2D eigenvalue weighted by molar-refractivity contribution is 5.16. The van der Waals surface area contributed by atoms with Crippen LogP contribution in [0.25, 0.3) is 0 Å². The van der Waals surface area contributed by atoms with Crippen LogP contribution in [0, 0.1) is 0 Å². The molecule has 2 N–H and O–H groups in total. The van der Waals surface area contributed by atoms with Crippen LogP contribution in [0.1, 0.15) is 37.8 Å².